The molecule has 0 aromatic rings. The fraction of sp³-hybridized carbons (Fsp3) is 0.778. The molecule has 48 valence electrons. The minimum absolute atomic E-state index is 0.380. The summed E-state index contributed by atoms with van der Waals surface area (Å²) in [6.07, 6.45) is 12.2. The van der Waals surface area contributed by atoms with Gasteiger partial charge < -0.3 is 0 Å². The Labute approximate surface area is 56.6 Å². The van der Waals surface area contributed by atoms with Crippen molar-refractivity contribution in [1.29, 1.82) is 0 Å². The van der Waals surface area contributed by atoms with E-state index in [2.05, 4.69) is 5.92 Å². The number of terminal acetylenes is 1. The van der Waals surface area contributed by atoms with E-state index in [-0.39, 0.29) is 0 Å². The molecular formula is C9H12. The Morgan fingerprint density at radius 2 is 2.00 bits per heavy atom. The van der Waals surface area contributed by atoms with Gasteiger partial charge in [-0.15, -0.1) is 6.42 Å². The summed E-state index contributed by atoms with van der Waals surface area (Å²) in [6, 6.07) is 0. The average Bonchev–Trinajstić information content (AvgIpc) is 2.46. The smallest absolute Gasteiger partial charge is 0.0315 e. The minimum atomic E-state index is 0.380. The Hall–Kier alpha value is -0.440. The van der Waals surface area contributed by atoms with Gasteiger partial charge in [-0.1, -0.05) is 5.92 Å². The van der Waals surface area contributed by atoms with Crippen LogP contribution in [-0.4, -0.2) is 0 Å². The molecule has 0 heteroatoms. The van der Waals surface area contributed by atoms with Crippen molar-refractivity contribution in [2.45, 2.75) is 32.1 Å². The summed E-state index contributed by atoms with van der Waals surface area (Å²) in [7, 11) is 0. The van der Waals surface area contributed by atoms with E-state index in [0.29, 0.717) is 5.41 Å². The van der Waals surface area contributed by atoms with Crippen LogP contribution >= 0.6 is 0 Å². The maximum Gasteiger partial charge on any atom is 0.0315 e. The van der Waals surface area contributed by atoms with Gasteiger partial charge in [0, 0.05) is 5.41 Å². The number of hydrogen-bond donors (Lipinski definition) is 0. The third-order valence-corrected chi connectivity index (χ3v) is 3.05. The number of hydrogen-bond acceptors (Lipinski definition) is 0. The van der Waals surface area contributed by atoms with Crippen LogP contribution in [0, 0.1) is 23.7 Å². The van der Waals surface area contributed by atoms with Gasteiger partial charge in [-0.2, -0.15) is 0 Å². The summed E-state index contributed by atoms with van der Waals surface area (Å²) in [5.74, 6) is 3.97. The lowest BCUT2D eigenvalue weighted by atomic mass is 9.85. The van der Waals surface area contributed by atoms with Gasteiger partial charge in [0.05, 0.1) is 0 Å². The lowest BCUT2D eigenvalue weighted by Crippen LogP contribution is -2.09. The molecule has 0 N–H and O–H groups in total. The van der Waals surface area contributed by atoms with Crippen LogP contribution in [0.25, 0.3) is 0 Å². The molecule has 0 spiro atoms. The maximum atomic E-state index is 5.46. The summed E-state index contributed by atoms with van der Waals surface area (Å²) in [4.78, 5) is 0. The predicted molar refractivity (Wildman–Crippen MR) is 37.8 cm³/mol. The summed E-state index contributed by atoms with van der Waals surface area (Å²) in [5, 5.41) is 0. The molecule has 0 saturated heterocycles. The molecule has 0 heterocycles. The van der Waals surface area contributed by atoms with Gasteiger partial charge in [0.25, 0.3) is 0 Å². The molecule has 0 aliphatic heterocycles. The highest BCUT2D eigenvalue weighted by Crippen LogP contribution is 2.53. The molecule has 2 aliphatic rings. The largest absolute Gasteiger partial charge is 0.120 e. The quantitative estimate of drug-likeness (QED) is 0.430. The van der Waals surface area contributed by atoms with Gasteiger partial charge in [0.1, 0.15) is 0 Å². The predicted octanol–water partition coefficient (Wildman–Crippen LogP) is 2.20. The van der Waals surface area contributed by atoms with Crippen LogP contribution < -0.4 is 0 Å². The zero-order valence-electron chi connectivity index (χ0n) is 5.69. The number of rotatable bonds is 0. The van der Waals surface area contributed by atoms with Crippen LogP contribution in [0.4, 0.5) is 0 Å². The van der Waals surface area contributed by atoms with E-state index in [1.54, 1.807) is 0 Å². The van der Waals surface area contributed by atoms with Crippen LogP contribution in [0.3, 0.4) is 0 Å². The zero-order chi connectivity index (χ0) is 6.32. The van der Waals surface area contributed by atoms with Crippen molar-refractivity contribution in [1.82, 2.24) is 0 Å². The van der Waals surface area contributed by atoms with Crippen molar-refractivity contribution in [3.8, 4) is 12.3 Å². The van der Waals surface area contributed by atoms with Gasteiger partial charge in [0.2, 0.25) is 0 Å². The van der Waals surface area contributed by atoms with Crippen LogP contribution in [-0.2, 0) is 0 Å². The van der Waals surface area contributed by atoms with Crippen molar-refractivity contribution >= 4 is 0 Å². The molecule has 0 nitrogen and oxygen atoms in total. The second kappa shape index (κ2) is 1.53. The summed E-state index contributed by atoms with van der Waals surface area (Å²) in [5.41, 5.74) is 0.380. The molecule has 0 unspecified atom stereocenters. The fourth-order valence-electron chi connectivity index (χ4n) is 2.39. The van der Waals surface area contributed by atoms with Crippen LogP contribution in [0.5, 0.6) is 0 Å². The Bertz CT molecular complexity index is 153. The second-order valence-electron chi connectivity index (χ2n) is 3.57. The first-order valence-electron chi connectivity index (χ1n) is 3.82. The minimum Gasteiger partial charge on any atom is -0.120 e. The average molecular weight is 120 g/mol. The third-order valence-electron chi connectivity index (χ3n) is 3.05. The summed E-state index contributed by atoms with van der Waals surface area (Å²) < 4.78 is 0. The Morgan fingerprint density at radius 1 is 1.33 bits per heavy atom. The van der Waals surface area contributed by atoms with Gasteiger partial charge in [-0.3, -0.25) is 0 Å². The second-order valence-corrected chi connectivity index (χ2v) is 3.57. The molecule has 2 rings (SSSR count). The van der Waals surface area contributed by atoms with E-state index in [1.165, 1.54) is 32.1 Å². The highest BCUT2D eigenvalue weighted by molar-refractivity contribution is 5.13. The molecule has 2 saturated carbocycles. The summed E-state index contributed by atoms with van der Waals surface area (Å²) >= 11 is 0. The first-order valence-corrected chi connectivity index (χ1v) is 3.82. The molecule has 2 aliphatic carbocycles. The Morgan fingerprint density at radius 3 is 2.22 bits per heavy atom. The van der Waals surface area contributed by atoms with Crippen LogP contribution in [0.2, 0.25) is 0 Å². The van der Waals surface area contributed by atoms with Gasteiger partial charge in [0.15, 0.2) is 0 Å². The normalized spacial score (nSPS) is 47.2. The zero-order valence-corrected chi connectivity index (χ0v) is 5.69. The lowest BCUT2D eigenvalue weighted by molar-refractivity contribution is 0.400. The molecule has 0 aromatic heterocycles. The van der Waals surface area contributed by atoms with Crippen molar-refractivity contribution < 1.29 is 0 Å². The Kier molecular flexibility index (Phi) is 0.913. The molecule has 2 fully saturated rings. The van der Waals surface area contributed by atoms with E-state index in [0.717, 1.165) is 5.92 Å². The van der Waals surface area contributed by atoms with E-state index >= 15 is 0 Å². The van der Waals surface area contributed by atoms with Crippen molar-refractivity contribution in [3.63, 3.8) is 0 Å². The van der Waals surface area contributed by atoms with Gasteiger partial charge in [-0.25, -0.2) is 0 Å². The first kappa shape index (κ1) is 5.35. The first-order chi connectivity index (χ1) is 4.35. The maximum absolute atomic E-state index is 5.46. The number of fused-ring (bicyclic) bond motifs is 2. The van der Waals surface area contributed by atoms with Crippen LogP contribution in [0.1, 0.15) is 32.1 Å². The van der Waals surface area contributed by atoms with Crippen molar-refractivity contribution in [2.24, 2.45) is 11.3 Å². The van der Waals surface area contributed by atoms with Gasteiger partial charge >= 0.3 is 0 Å². The van der Waals surface area contributed by atoms with Crippen molar-refractivity contribution in [2.75, 3.05) is 0 Å². The topological polar surface area (TPSA) is 0 Å². The van der Waals surface area contributed by atoms with E-state index in [1.807, 2.05) is 0 Å². The highest BCUT2D eigenvalue weighted by Gasteiger charge is 2.43. The molecule has 0 aromatic carbocycles. The van der Waals surface area contributed by atoms with Crippen molar-refractivity contribution in [3.05, 3.63) is 0 Å². The molecule has 9 heavy (non-hydrogen) atoms. The molecule has 0 radical (unpaired) electrons. The van der Waals surface area contributed by atoms with E-state index in [9.17, 15) is 0 Å². The standard InChI is InChI=1S/C9H12/c1-2-9-5-3-8(7-9)4-6-9/h1,8H,3-7H2. The van der Waals surface area contributed by atoms with Gasteiger partial charge in [-0.05, 0) is 38.0 Å². The van der Waals surface area contributed by atoms with E-state index < -0.39 is 0 Å². The molecule has 0 atom stereocenters. The highest BCUT2D eigenvalue weighted by atomic mass is 14.5. The summed E-state index contributed by atoms with van der Waals surface area (Å²) in [6.45, 7) is 0. The fourth-order valence-corrected chi connectivity index (χ4v) is 2.39. The van der Waals surface area contributed by atoms with E-state index in [4.69, 9.17) is 6.42 Å². The SMILES string of the molecule is C#CC12CCC(CC1)C2. The molecule has 2 bridgehead atoms. The third kappa shape index (κ3) is 0.611. The monoisotopic (exact) mass is 120 g/mol. The molecule has 0 amide bonds. The molecular weight excluding hydrogens is 108 g/mol. The Balaban J connectivity index is 2.25. The van der Waals surface area contributed by atoms with Crippen LogP contribution in [0.15, 0.2) is 0 Å². The lowest BCUT2D eigenvalue weighted by Gasteiger charge is -2.17.